The van der Waals surface area contributed by atoms with Crippen LogP contribution < -0.4 is 5.32 Å². The normalized spacial score (nSPS) is 27.8. The first kappa shape index (κ1) is 19.4. The molecular weight excluding hydrogens is 348 g/mol. The Morgan fingerprint density at radius 1 is 1.08 bits per heavy atom. The summed E-state index contributed by atoms with van der Waals surface area (Å²) in [6.07, 6.45) is 6.07. The van der Waals surface area contributed by atoms with Crippen molar-refractivity contribution in [1.82, 2.24) is 9.62 Å². The lowest BCUT2D eigenvalue weighted by molar-refractivity contribution is -0.127. The molecule has 1 aliphatic carbocycles. The summed E-state index contributed by atoms with van der Waals surface area (Å²) in [5.41, 5.74) is 1.03. The maximum Gasteiger partial charge on any atom is 0.243 e. The van der Waals surface area contributed by atoms with Gasteiger partial charge in [0, 0.05) is 19.1 Å². The van der Waals surface area contributed by atoms with Crippen LogP contribution >= 0.6 is 0 Å². The van der Waals surface area contributed by atoms with Gasteiger partial charge in [-0.3, -0.25) is 4.79 Å². The summed E-state index contributed by atoms with van der Waals surface area (Å²) in [6, 6.07) is 7.16. The second-order valence-corrected chi connectivity index (χ2v) is 9.83. The van der Waals surface area contributed by atoms with Gasteiger partial charge in [-0.1, -0.05) is 37.5 Å². The first-order valence-electron chi connectivity index (χ1n) is 9.75. The van der Waals surface area contributed by atoms with Crippen LogP contribution in [0.5, 0.6) is 0 Å². The zero-order valence-corrected chi connectivity index (χ0v) is 16.6. The van der Waals surface area contributed by atoms with E-state index in [9.17, 15) is 13.2 Å². The number of hydrogen-bond donors (Lipinski definition) is 1. The smallest absolute Gasteiger partial charge is 0.243 e. The minimum Gasteiger partial charge on any atom is -0.353 e. The average molecular weight is 379 g/mol. The van der Waals surface area contributed by atoms with E-state index in [1.165, 1.54) is 10.7 Å². The SMILES string of the molecule is Cc1ccc(S(=O)(=O)N2CCC[C@@H](C(=O)N[C@@H]3CCCC[C@@H]3C)C2)cc1. The van der Waals surface area contributed by atoms with Gasteiger partial charge in [-0.25, -0.2) is 8.42 Å². The van der Waals surface area contributed by atoms with Crippen LogP contribution in [0, 0.1) is 18.8 Å². The van der Waals surface area contributed by atoms with Crippen molar-refractivity contribution in [3.8, 4) is 0 Å². The number of hydrogen-bond acceptors (Lipinski definition) is 3. The van der Waals surface area contributed by atoms with Crippen molar-refractivity contribution in [1.29, 1.82) is 0 Å². The summed E-state index contributed by atoms with van der Waals surface area (Å²) in [7, 11) is -3.54. The molecule has 1 heterocycles. The number of nitrogens with zero attached hydrogens (tertiary/aromatic N) is 1. The number of amides is 1. The van der Waals surface area contributed by atoms with Crippen molar-refractivity contribution in [2.24, 2.45) is 11.8 Å². The van der Waals surface area contributed by atoms with Crippen molar-refractivity contribution in [3.05, 3.63) is 29.8 Å². The number of aryl methyl sites for hydroxylation is 1. The topological polar surface area (TPSA) is 66.5 Å². The Hall–Kier alpha value is -1.40. The Labute approximate surface area is 157 Å². The fourth-order valence-electron chi connectivity index (χ4n) is 4.07. The highest BCUT2D eigenvalue weighted by molar-refractivity contribution is 7.89. The van der Waals surface area contributed by atoms with E-state index < -0.39 is 10.0 Å². The van der Waals surface area contributed by atoms with E-state index in [4.69, 9.17) is 0 Å². The molecule has 1 saturated heterocycles. The third-order valence-corrected chi connectivity index (χ3v) is 7.73. The van der Waals surface area contributed by atoms with Crippen LogP contribution in [0.4, 0.5) is 0 Å². The van der Waals surface area contributed by atoms with Gasteiger partial charge in [-0.05, 0) is 50.7 Å². The number of carbonyl (C=O) groups excluding carboxylic acids is 1. The minimum absolute atomic E-state index is 0.0209. The summed E-state index contributed by atoms with van der Waals surface area (Å²) in [4.78, 5) is 13.0. The van der Waals surface area contributed by atoms with Crippen molar-refractivity contribution in [2.75, 3.05) is 13.1 Å². The van der Waals surface area contributed by atoms with Crippen LogP contribution in [0.15, 0.2) is 29.2 Å². The van der Waals surface area contributed by atoms with Gasteiger partial charge in [0.05, 0.1) is 10.8 Å². The summed E-state index contributed by atoms with van der Waals surface area (Å²) in [5, 5.41) is 3.20. The van der Waals surface area contributed by atoms with Crippen molar-refractivity contribution in [3.63, 3.8) is 0 Å². The highest BCUT2D eigenvalue weighted by atomic mass is 32.2. The molecule has 1 saturated carbocycles. The minimum atomic E-state index is -3.54. The molecule has 0 bridgehead atoms. The maximum atomic E-state index is 12.9. The number of benzene rings is 1. The molecule has 2 aliphatic rings. The first-order valence-corrected chi connectivity index (χ1v) is 11.2. The van der Waals surface area contributed by atoms with E-state index in [0.717, 1.165) is 37.7 Å². The highest BCUT2D eigenvalue weighted by Gasteiger charge is 2.34. The number of carbonyl (C=O) groups is 1. The van der Waals surface area contributed by atoms with Gasteiger partial charge in [-0.15, -0.1) is 0 Å². The van der Waals surface area contributed by atoms with Crippen LogP contribution in [-0.2, 0) is 14.8 Å². The van der Waals surface area contributed by atoms with Crippen LogP contribution in [0.1, 0.15) is 51.0 Å². The molecule has 0 unspecified atom stereocenters. The van der Waals surface area contributed by atoms with Gasteiger partial charge in [0.1, 0.15) is 0 Å². The van der Waals surface area contributed by atoms with Crippen LogP contribution in [0.25, 0.3) is 0 Å². The van der Waals surface area contributed by atoms with Gasteiger partial charge in [0.25, 0.3) is 0 Å². The van der Waals surface area contributed by atoms with Crippen molar-refractivity contribution in [2.45, 2.75) is 63.3 Å². The zero-order chi connectivity index (χ0) is 18.7. The van der Waals surface area contributed by atoms with Gasteiger partial charge in [0.15, 0.2) is 0 Å². The Morgan fingerprint density at radius 3 is 2.46 bits per heavy atom. The van der Waals surface area contributed by atoms with Crippen molar-refractivity contribution < 1.29 is 13.2 Å². The van der Waals surface area contributed by atoms with E-state index in [0.29, 0.717) is 17.4 Å². The molecule has 1 aliphatic heterocycles. The molecule has 2 fully saturated rings. The molecule has 5 nitrogen and oxygen atoms in total. The molecule has 1 amide bonds. The summed E-state index contributed by atoms with van der Waals surface area (Å²) in [5.74, 6) is 0.273. The van der Waals surface area contributed by atoms with E-state index >= 15 is 0 Å². The molecular formula is C20H30N2O3S. The molecule has 3 atom stereocenters. The quantitative estimate of drug-likeness (QED) is 0.875. The van der Waals surface area contributed by atoms with Gasteiger partial charge in [-0.2, -0.15) is 4.31 Å². The molecule has 1 aromatic rings. The standard InChI is InChI=1S/C20H30N2O3S/c1-15-9-11-18(12-10-15)26(24,25)22-13-5-7-17(14-22)20(23)21-19-8-4-3-6-16(19)2/h9-12,16-17,19H,3-8,13-14H2,1-2H3,(H,21,23)/t16-,17+,19+/m0/s1. The molecule has 1 aromatic carbocycles. The lowest BCUT2D eigenvalue weighted by atomic mass is 9.85. The summed E-state index contributed by atoms with van der Waals surface area (Å²) >= 11 is 0. The summed E-state index contributed by atoms with van der Waals surface area (Å²) < 4.78 is 27.3. The molecule has 0 aromatic heterocycles. The second-order valence-electron chi connectivity index (χ2n) is 7.89. The van der Waals surface area contributed by atoms with E-state index in [1.807, 2.05) is 19.1 Å². The molecule has 1 N–H and O–H groups in total. The lowest BCUT2D eigenvalue weighted by Crippen LogP contribution is -2.49. The fraction of sp³-hybridized carbons (Fsp3) is 0.650. The predicted molar refractivity (Wildman–Crippen MR) is 102 cm³/mol. The average Bonchev–Trinajstić information content (AvgIpc) is 2.64. The molecule has 6 heteroatoms. The largest absolute Gasteiger partial charge is 0.353 e. The van der Waals surface area contributed by atoms with Crippen LogP contribution in [0.2, 0.25) is 0 Å². The predicted octanol–water partition coefficient (Wildman–Crippen LogP) is 3.09. The maximum absolute atomic E-state index is 12.9. The monoisotopic (exact) mass is 378 g/mol. The zero-order valence-electron chi connectivity index (χ0n) is 15.8. The Morgan fingerprint density at radius 2 is 1.77 bits per heavy atom. The summed E-state index contributed by atoms with van der Waals surface area (Å²) in [6.45, 7) is 4.89. The van der Waals surface area contributed by atoms with Gasteiger partial charge in [0.2, 0.25) is 15.9 Å². The number of rotatable bonds is 4. The lowest BCUT2D eigenvalue weighted by Gasteiger charge is -2.34. The molecule has 3 rings (SSSR count). The van der Waals surface area contributed by atoms with Gasteiger partial charge < -0.3 is 5.32 Å². The third-order valence-electron chi connectivity index (χ3n) is 5.85. The number of nitrogens with one attached hydrogen (secondary N) is 1. The first-order chi connectivity index (χ1) is 12.4. The van der Waals surface area contributed by atoms with Crippen LogP contribution in [0.3, 0.4) is 0 Å². The van der Waals surface area contributed by atoms with Crippen molar-refractivity contribution >= 4 is 15.9 Å². The van der Waals surface area contributed by atoms with E-state index in [2.05, 4.69) is 12.2 Å². The van der Waals surface area contributed by atoms with Gasteiger partial charge >= 0.3 is 0 Å². The Kier molecular flexibility index (Phi) is 6.03. The molecule has 0 radical (unpaired) electrons. The van der Waals surface area contributed by atoms with E-state index in [1.54, 1.807) is 12.1 Å². The highest BCUT2D eigenvalue weighted by Crippen LogP contribution is 2.27. The van der Waals surface area contributed by atoms with Crippen LogP contribution in [-0.4, -0.2) is 37.8 Å². The van der Waals surface area contributed by atoms with E-state index in [-0.39, 0.29) is 24.4 Å². The number of sulfonamides is 1. The molecule has 144 valence electrons. The third kappa shape index (κ3) is 4.29. The Balaban J connectivity index is 1.66. The fourth-order valence-corrected chi connectivity index (χ4v) is 5.59. The molecule has 0 spiro atoms. The number of piperidine rings is 1. The molecule has 26 heavy (non-hydrogen) atoms. The second kappa shape index (κ2) is 8.09. The Bertz CT molecular complexity index is 730.